The maximum Gasteiger partial charge on any atom is 0.309 e. The largest absolute Gasteiger partial charge is 0.486 e. The van der Waals surface area contributed by atoms with Crippen molar-refractivity contribution in [3.8, 4) is 11.5 Å². The van der Waals surface area contributed by atoms with Gasteiger partial charge in [0.05, 0.1) is 10.8 Å². The number of sulfonamides is 1. The van der Waals surface area contributed by atoms with Gasteiger partial charge < -0.3 is 14.2 Å². The van der Waals surface area contributed by atoms with Crippen LogP contribution < -0.4 is 9.47 Å². The van der Waals surface area contributed by atoms with Crippen molar-refractivity contribution in [2.24, 2.45) is 5.92 Å². The number of esters is 1. The minimum Gasteiger partial charge on any atom is -0.486 e. The number of benzene rings is 2. The number of hydrogen-bond acceptors (Lipinski definition) is 6. The first-order chi connectivity index (χ1) is 14.4. The Labute approximate surface area is 180 Å². The molecule has 2 heterocycles. The van der Waals surface area contributed by atoms with Crippen LogP contribution in [0, 0.1) is 5.92 Å². The maximum atomic E-state index is 13.0. The van der Waals surface area contributed by atoms with Crippen LogP contribution in [-0.4, -0.2) is 45.0 Å². The second-order valence-corrected chi connectivity index (χ2v) is 9.59. The summed E-state index contributed by atoms with van der Waals surface area (Å²) in [6.45, 7) is 1.53. The number of halogens is 1. The Morgan fingerprint density at radius 3 is 2.40 bits per heavy atom. The first-order valence-corrected chi connectivity index (χ1v) is 11.6. The van der Waals surface area contributed by atoms with Crippen LogP contribution in [0.2, 0.25) is 5.02 Å². The van der Waals surface area contributed by atoms with Gasteiger partial charge in [0, 0.05) is 24.2 Å². The Kier molecular flexibility index (Phi) is 6.17. The van der Waals surface area contributed by atoms with Crippen LogP contribution in [0.4, 0.5) is 0 Å². The molecule has 4 rings (SSSR count). The fourth-order valence-corrected chi connectivity index (χ4v) is 5.13. The van der Waals surface area contributed by atoms with Gasteiger partial charge in [-0.15, -0.1) is 0 Å². The van der Waals surface area contributed by atoms with Crippen molar-refractivity contribution < 1.29 is 27.4 Å². The molecule has 0 N–H and O–H groups in total. The van der Waals surface area contributed by atoms with Gasteiger partial charge in [0.1, 0.15) is 19.8 Å². The van der Waals surface area contributed by atoms with E-state index in [1.165, 1.54) is 16.4 Å². The zero-order chi connectivity index (χ0) is 21.1. The van der Waals surface area contributed by atoms with Crippen LogP contribution in [0.5, 0.6) is 11.5 Å². The van der Waals surface area contributed by atoms with Gasteiger partial charge in [0.2, 0.25) is 10.0 Å². The lowest BCUT2D eigenvalue weighted by atomic mass is 9.98. The molecule has 0 radical (unpaired) electrons. The molecular formula is C21H22ClNO6S. The second kappa shape index (κ2) is 8.83. The van der Waals surface area contributed by atoms with Gasteiger partial charge in [-0.25, -0.2) is 8.42 Å². The fraction of sp³-hybridized carbons (Fsp3) is 0.381. The lowest BCUT2D eigenvalue weighted by Gasteiger charge is -2.30. The second-order valence-electron chi connectivity index (χ2n) is 7.22. The molecule has 0 aromatic heterocycles. The molecule has 7 nitrogen and oxygen atoms in total. The predicted octanol–water partition coefficient (Wildman–Crippen LogP) is 3.26. The van der Waals surface area contributed by atoms with E-state index >= 15 is 0 Å². The van der Waals surface area contributed by atoms with Crippen molar-refractivity contribution in [1.82, 2.24) is 4.31 Å². The lowest BCUT2D eigenvalue weighted by Crippen LogP contribution is -2.40. The van der Waals surface area contributed by atoms with Crippen LogP contribution in [-0.2, 0) is 26.2 Å². The van der Waals surface area contributed by atoms with Gasteiger partial charge in [-0.2, -0.15) is 4.31 Å². The summed E-state index contributed by atoms with van der Waals surface area (Å²) < 4.78 is 43.7. The molecule has 2 aliphatic heterocycles. The Hall–Kier alpha value is -2.29. The SMILES string of the molecule is O=C(OCc1ccc(Cl)cc1)C1CCN(S(=O)(=O)c2ccc3c(c2)OCCO3)CC1. The van der Waals surface area contributed by atoms with Crippen molar-refractivity contribution in [2.75, 3.05) is 26.3 Å². The van der Waals surface area contributed by atoms with Gasteiger partial charge >= 0.3 is 5.97 Å². The van der Waals surface area contributed by atoms with Crippen LogP contribution in [0.15, 0.2) is 47.4 Å². The highest BCUT2D eigenvalue weighted by atomic mass is 35.5. The first-order valence-electron chi connectivity index (χ1n) is 9.74. The zero-order valence-corrected chi connectivity index (χ0v) is 17.8. The monoisotopic (exact) mass is 451 g/mol. The highest BCUT2D eigenvalue weighted by Gasteiger charge is 2.33. The fourth-order valence-electron chi connectivity index (χ4n) is 3.52. The molecule has 0 spiro atoms. The summed E-state index contributed by atoms with van der Waals surface area (Å²) in [5.74, 6) is 0.357. The quantitative estimate of drug-likeness (QED) is 0.649. The predicted molar refractivity (Wildman–Crippen MR) is 110 cm³/mol. The maximum absolute atomic E-state index is 13.0. The topological polar surface area (TPSA) is 82.1 Å². The Morgan fingerprint density at radius 2 is 1.70 bits per heavy atom. The number of carbonyl (C=O) groups excluding carboxylic acids is 1. The molecule has 2 aromatic carbocycles. The van der Waals surface area contributed by atoms with Gasteiger partial charge in [-0.05, 0) is 42.7 Å². The molecule has 9 heteroatoms. The summed E-state index contributed by atoms with van der Waals surface area (Å²) in [5.41, 5.74) is 0.853. The van der Waals surface area contributed by atoms with Crippen molar-refractivity contribution in [1.29, 1.82) is 0 Å². The van der Waals surface area contributed by atoms with E-state index in [0.717, 1.165) is 5.56 Å². The highest BCUT2D eigenvalue weighted by molar-refractivity contribution is 7.89. The van der Waals surface area contributed by atoms with E-state index in [9.17, 15) is 13.2 Å². The standard InChI is InChI=1S/C21H22ClNO6S/c22-17-3-1-15(2-4-17)14-29-21(24)16-7-9-23(10-8-16)30(25,26)18-5-6-19-20(13-18)28-12-11-27-19/h1-6,13,16H,7-12,14H2. The van der Waals surface area contributed by atoms with E-state index in [1.807, 2.05) is 0 Å². The molecular weight excluding hydrogens is 430 g/mol. The van der Waals surface area contributed by atoms with Gasteiger partial charge in [-0.3, -0.25) is 4.79 Å². The van der Waals surface area contributed by atoms with Crippen LogP contribution >= 0.6 is 11.6 Å². The van der Waals surface area contributed by atoms with Crippen LogP contribution in [0.3, 0.4) is 0 Å². The molecule has 0 saturated carbocycles. The summed E-state index contributed by atoms with van der Waals surface area (Å²) in [5, 5.41) is 0.622. The molecule has 1 saturated heterocycles. The summed E-state index contributed by atoms with van der Waals surface area (Å²) in [6.07, 6.45) is 0.840. The minimum absolute atomic E-state index is 0.163. The molecule has 30 heavy (non-hydrogen) atoms. The average molecular weight is 452 g/mol. The number of nitrogens with zero attached hydrogens (tertiary/aromatic N) is 1. The van der Waals surface area contributed by atoms with Gasteiger partial charge in [-0.1, -0.05) is 23.7 Å². The van der Waals surface area contributed by atoms with Crippen molar-refractivity contribution in [3.63, 3.8) is 0 Å². The number of fused-ring (bicyclic) bond motifs is 1. The molecule has 0 aliphatic carbocycles. The molecule has 0 unspecified atom stereocenters. The first kappa shape index (κ1) is 21.0. The molecule has 0 amide bonds. The van der Waals surface area contributed by atoms with E-state index in [1.54, 1.807) is 30.3 Å². The van der Waals surface area contributed by atoms with Crippen molar-refractivity contribution >= 4 is 27.6 Å². The normalized spacial score (nSPS) is 17.5. The Morgan fingerprint density at radius 1 is 1.03 bits per heavy atom. The smallest absolute Gasteiger partial charge is 0.309 e. The van der Waals surface area contributed by atoms with Crippen molar-refractivity contribution in [2.45, 2.75) is 24.3 Å². The van der Waals surface area contributed by atoms with E-state index < -0.39 is 10.0 Å². The molecule has 2 aliphatic rings. The van der Waals surface area contributed by atoms with E-state index in [4.69, 9.17) is 25.8 Å². The third-order valence-electron chi connectivity index (χ3n) is 5.23. The molecule has 0 atom stereocenters. The summed E-state index contributed by atoms with van der Waals surface area (Å²) in [6, 6.07) is 11.7. The van der Waals surface area contributed by atoms with Gasteiger partial charge in [0.15, 0.2) is 11.5 Å². The number of rotatable bonds is 5. The van der Waals surface area contributed by atoms with E-state index in [-0.39, 0.29) is 36.5 Å². The van der Waals surface area contributed by atoms with Crippen LogP contribution in [0.1, 0.15) is 18.4 Å². The molecule has 2 aromatic rings. The van der Waals surface area contributed by atoms with Crippen LogP contribution in [0.25, 0.3) is 0 Å². The number of carbonyl (C=O) groups is 1. The average Bonchev–Trinajstić information content (AvgIpc) is 2.78. The Balaban J connectivity index is 1.34. The van der Waals surface area contributed by atoms with Gasteiger partial charge in [0.25, 0.3) is 0 Å². The highest BCUT2D eigenvalue weighted by Crippen LogP contribution is 2.34. The Bertz CT molecular complexity index is 1020. The summed E-state index contributed by atoms with van der Waals surface area (Å²) in [7, 11) is -3.67. The lowest BCUT2D eigenvalue weighted by molar-refractivity contribution is -0.151. The zero-order valence-electron chi connectivity index (χ0n) is 16.3. The molecule has 0 bridgehead atoms. The molecule has 160 valence electrons. The third kappa shape index (κ3) is 4.55. The number of hydrogen-bond donors (Lipinski definition) is 0. The number of piperidine rings is 1. The summed E-state index contributed by atoms with van der Waals surface area (Å²) >= 11 is 5.85. The molecule has 1 fully saturated rings. The van der Waals surface area contributed by atoms with Crippen molar-refractivity contribution in [3.05, 3.63) is 53.1 Å². The van der Waals surface area contributed by atoms with E-state index in [0.29, 0.717) is 42.6 Å². The number of ether oxygens (including phenoxy) is 3. The minimum atomic E-state index is -3.67. The summed E-state index contributed by atoms with van der Waals surface area (Å²) in [4.78, 5) is 12.5. The third-order valence-corrected chi connectivity index (χ3v) is 7.38. The van der Waals surface area contributed by atoms with E-state index in [2.05, 4.69) is 0 Å².